The summed E-state index contributed by atoms with van der Waals surface area (Å²) in [6.07, 6.45) is 1.35. The van der Waals surface area contributed by atoms with E-state index in [2.05, 4.69) is 10.5 Å². The van der Waals surface area contributed by atoms with Gasteiger partial charge in [0, 0.05) is 6.54 Å². The highest BCUT2D eigenvalue weighted by Crippen LogP contribution is 2.45. The van der Waals surface area contributed by atoms with Crippen LogP contribution < -0.4 is 11.1 Å². The standard InChI is InChI=1S/C9H17N3O2/c1-6(2)5-11-8(13)9(3-4-9)7(10)12-14/h6,14H,3-5H2,1-2H3,(H2,10,12)(H,11,13). The molecule has 1 aliphatic carbocycles. The van der Waals surface area contributed by atoms with Crippen molar-refractivity contribution in [1.29, 1.82) is 0 Å². The third kappa shape index (κ3) is 1.97. The van der Waals surface area contributed by atoms with Crippen molar-refractivity contribution in [2.24, 2.45) is 22.2 Å². The van der Waals surface area contributed by atoms with Gasteiger partial charge in [0.25, 0.3) is 0 Å². The minimum Gasteiger partial charge on any atom is -0.409 e. The molecule has 0 unspecified atom stereocenters. The van der Waals surface area contributed by atoms with Gasteiger partial charge in [0.1, 0.15) is 5.41 Å². The Labute approximate surface area is 83.3 Å². The van der Waals surface area contributed by atoms with Crippen molar-refractivity contribution in [3.63, 3.8) is 0 Å². The van der Waals surface area contributed by atoms with Crippen molar-refractivity contribution in [3.05, 3.63) is 0 Å². The van der Waals surface area contributed by atoms with E-state index in [1.54, 1.807) is 0 Å². The Morgan fingerprint density at radius 2 is 2.21 bits per heavy atom. The maximum atomic E-state index is 11.6. The summed E-state index contributed by atoms with van der Waals surface area (Å²) in [5.41, 5.74) is 4.74. The van der Waals surface area contributed by atoms with Crippen molar-refractivity contribution in [1.82, 2.24) is 5.32 Å². The highest BCUT2D eigenvalue weighted by atomic mass is 16.4. The lowest BCUT2D eigenvalue weighted by Crippen LogP contribution is -2.41. The fraction of sp³-hybridized carbons (Fsp3) is 0.778. The zero-order valence-corrected chi connectivity index (χ0v) is 8.58. The van der Waals surface area contributed by atoms with Crippen LogP contribution >= 0.6 is 0 Å². The first-order valence-corrected chi connectivity index (χ1v) is 4.79. The minimum absolute atomic E-state index is 0.0266. The molecule has 4 N–H and O–H groups in total. The second-order valence-corrected chi connectivity index (χ2v) is 4.17. The molecule has 0 atom stereocenters. The van der Waals surface area contributed by atoms with Crippen LogP contribution in [0.3, 0.4) is 0 Å². The molecule has 1 amide bonds. The third-order valence-corrected chi connectivity index (χ3v) is 2.45. The number of rotatable bonds is 4. The van der Waals surface area contributed by atoms with Crippen LogP contribution in [-0.4, -0.2) is 23.5 Å². The molecule has 1 fully saturated rings. The van der Waals surface area contributed by atoms with Crippen molar-refractivity contribution >= 4 is 11.7 Å². The van der Waals surface area contributed by atoms with Crippen LogP contribution in [0.4, 0.5) is 0 Å². The molecule has 5 nitrogen and oxygen atoms in total. The predicted octanol–water partition coefficient (Wildman–Crippen LogP) is 0.285. The maximum Gasteiger partial charge on any atom is 0.233 e. The lowest BCUT2D eigenvalue weighted by atomic mass is 10.0. The number of nitrogens with zero attached hydrogens (tertiary/aromatic N) is 1. The van der Waals surface area contributed by atoms with E-state index in [1.807, 2.05) is 13.8 Å². The van der Waals surface area contributed by atoms with Gasteiger partial charge in [-0.05, 0) is 18.8 Å². The van der Waals surface area contributed by atoms with E-state index in [0.29, 0.717) is 25.3 Å². The van der Waals surface area contributed by atoms with E-state index < -0.39 is 5.41 Å². The fourth-order valence-electron chi connectivity index (χ4n) is 1.29. The number of hydrogen-bond donors (Lipinski definition) is 3. The topological polar surface area (TPSA) is 87.7 Å². The molecule has 1 rings (SSSR count). The maximum absolute atomic E-state index is 11.6. The first kappa shape index (κ1) is 10.8. The number of nitrogens with one attached hydrogen (secondary N) is 1. The Morgan fingerprint density at radius 1 is 1.64 bits per heavy atom. The largest absolute Gasteiger partial charge is 0.409 e. The average molecular weight is 199 g/mol. The summed E-state index contributed by atoms with van der Waals surface area (Å²) in [5.74, 6) is 0.308. The van der Waals surface area contributed by atoms with E-state index in [-0.39, 0.29) is 11.7 Å². The molecule has 0 heterocycles. The number of amidine groups is 1. The molecule has 0 bridgehead atoms. The molecule has 0 radical (unpaired) electrons. The van der Waals surface area contributed by atoms with Crippen LogP contribution in [0.1, 0.15) is 26.7 Å². The molecule has 0 aliphatic heterocycles. The first-order valence-electron chi connectivity index (χ1n) is 4.79. The van der Waals surface area contributed by atoms with E-state index in [1.165, 1.54) is 0 Å². The average Bonchev–Trinajstić information content (AvgIpc) is 2.93. The first-order chi connectivity index (χ1) is 6.53. The number of oxime groups is 1. The Morgan fingerprint density at radius 3 is 2.57 bits per heavy atom. The molecule has 5 heteroatoms. The number of carbonyl (C=O) groups is 1. The molecule has 14 heavy (non-hydrogen) atoms. The van der Waals surface area contributed by atoms with Gasteiger partial charge in [0.2, 0.25) is 5.91 Å². The summed E-state index contributed by atoms with van der Waals surface area (Å²) in [5, 5.41) is 14.2. The van der Waals surface area contributed by atoms with E-state index in [0.717, 1.165) is 0 Å². The van der Waals surface area contributed by atoms with Crippen LogP contribution in [-0.2, 0) is 4.79 Å². The number of nitrogens with two attached hydrogens (primary N) is 1. The molecular weight excluding hydrogens is 182 g/mol. The minimum atomic E-state index is -0.719. The highest BCUT2D eigenvalue weighted by Gasteiger charge is 2.54. The number of carbonyl (C=O) groups excluding carboxylic acids is 1. The molecule has 0 aromatic heterocycles. The fourth-order valence-corrected chi connectivity index (χ4v) is 1.29. The van der Waals surface area contributed by atoms with Crippen molar-refractivity contribution in [2.45, 2.75) is 26.7 Å². The third-order valence-electron chi connectivity index (χ3n) is 2.45. The summed E-state index contributed by atoms with van der Waals surface area (Å²) in [7, 11) is 0. The lowest BCUT2D eigenvalue weighted by molar-refractivity contribution is -0.124. The summed E-state index contributed by atoms with van der Waals surface area (Å²) in [4.78, 5) is 11.6. The van der Waals surface area contributed by atoms with Gasteiger partial charge in [0.15, 0.2) is 5.84 Å². The van der Waals surface area contributed by atoms with Gasteiger partial charge in [-0.15, -0.1) is 0 Å². The molecule has 1 saturated carbocycles. The second kappa shape index (κ2) is 3.86. The Balaban J connectivity index is 2.53. The summed E-state index contributed by atoms with van der Waals surface area (Å²) < 4.78 is 0. The predicted molar refractivity (Wildman–Crippen MR) is 52.9 cm³/mol. The second-order valence-electron chi connectivity index (χ2n) is 4.17. The molecule has 0 aromatic carbocycles. The molecule has 0 spiro atoms. The summed E-state index contributed by atoms with van der Waals surface area (Å²) in [6.45, 7) is 4.66. The monoisotopic (exact) mass is 199 g/mol. The molecule has 0 aromatic rings. The molecule has 0 saturated heterocycles. The van der Waals surface area contributed by atoms with Gasteiger partial charge in [-0.3, -0.25) is 4.79 Å². The smallest absolute Gasteiger partial charge is 0.233 e. The number of hydrogen-bond acceptors (Lipinski definition) is 3. The van der Waals surface area contributed by atoms with Crippen molar-refractivity contribution in [3.8, 4) is 0 Å². The highest BCUT2D eigenvalue weighted by molar-refractivity contribution is 6.09. The van der Waals surface area contributed by atoms with Gasteiger partial charge in [-0.2, -0.15) is 0 Å². The summed E-state index contributed by atoms with van der Waals surface area (Å²) in [6, 6.07) is 0. The van der Waals surface area contributed by atoms with E-state index in [9.17, 15) is 4.79 Å². The zero-order chi connectivity index (χ0) is 10.8. The van der Waals surface area contributed by atoms with Crippen LogP contribution in [0.5, 0.6) is 0 Å². The SMILES string of the molecule is CC(C)CNC(=O)C1(C(N)=NO)CC1. The van der Waals surface area contributed by atoms with Crippen molar-refractivity contribution < 1.29 is 10.0 Å². The van der Waals surface area contributed by atoms with Gasteiger partial charge >= 0.3 is 0 Å². The van der Waals surface area contributed by atoms with Crippen molar-refractivity contribution in [2.75, 3.05) is 6.54 Å². The van der Waals surface area contributed by atoms with Gasteiger partial charge in [0.05, 0.1) is 0 Å². The van der Waals surface area contributed by atoms with Crippen LogP contribution in [0.15, 0.2) is 5.16 Å². The zero-order valence-electron chi connectivity index (χ0n) is 8.58. The molecule has 1 aliphatic rings. The number of amides is 1. The molecule has 80 valence electrons. The normalized spacial score (nSPS) is 19.5. The van der Waals surface area contributed by atoms with Gasteiger partial charge in [-0.25, -0.2) is 0 Å². The van der Waals surface area contributed by atoms with Gasteiger partial charge < -0.3 is 16.3 Å². The Bertz CT molecular complexity index is 257. The lowest BCUT2D eigenvalue weighted by Gasteiger charge is -2.14. The Hall–Kier alpha value is -1.26. The summed E-state index contributed by atoms with van der Waals surface area (Å²) >= 11 is 0. The van der Waals surface area contributed by atoms with Crippen LogP contribution in [0, 0.1) is 11.3 Å². The molecular formula is C9H17N3O2. The van der Waals surface area contributed by atoms with Gasteiger partial charge in [-0.1, -0.05) is 19.0 Å². The van der Waals surface area contributed by atoms with E-state index >= 15 is 0 Å². The quantitative estimate of drug-likeness (QED) is 0.263. The van der Waals surface area contributed by atoms with E-state index in [4.69, 9.17) is 10.9 Å². The van der Waals surface area contributed by atoms with Crippen LogP contribution in [0.2, 0.25) is 0 Å². The van der Waals surface area contributed by atoms with Crippen LogP contribution in [0.25, 0.3) is 0 Å². The Kier molecular flexibility index (Phi) is 2.98.